The second kappa shape index (κ2) is 7.34. The van der Waals surface area contributed by atoms with Crippen molar-refractivity contribution in [3.63, 3.8) is 0 Å². The molecule has 0 atom stereocenters. The van der Waals surface area contributed by atoms with E-state index in [-0.39, 0.29) is 30.9 Å². The third-order valence-corrected chi connectivity index (χ3v) is 4.91. The predicted octanol–water partition coefficient (Wildman–Crippen LogP) is 2.34. The Balaban J connectivity index is 1.44. The van der Waals surface area contributed by atoms with Crippen LogP contribution in [-0.2, 0) is 4.79 Å². The van der Waals surface area contributed by atoms with Crippen molar-refractivity contribution in [2.24, 2.45) is 0 Å². The van der Waals surface area contributed by atoms with Gasteiger partial charge in [0.25, 0.3) is 5.91 Å². The summed E-state index contributed by atoms with van der Waals surface area (Å²) in [5, 5.41) is 2.29. The van der Waals surface area contributed by atoms with Crippen LogP contribution in [0.15, 0.2) is 48.5 Å². The van der Waals surface area contributed by atoms with Gasteiger partial charge in [0.15, 0.2) is 0 Å². The highest BCUT2D eigenvalue weighted by molar-refractivity contribution is 6.09. The van der Waals surface area contributed by atoms with E-state index < -0.39 is 6.03 Å². The summed E-state index contributed by atoms with van der Waals surface area (Å²) in [6.45, 7) is 3.25. The van der Waals surface area contributed by atoms with Crippen molar-refractivity contribution in [2.75, 3.05) is 24.5 Å². The smallest absolute Gasteiger partial charge is 0.328 e. The van der Waals surface area contributed by atoms with Crippen molar-refractivity contribution >= 4 is 23.5 Å². The zero-order chi connectivity index (χ0) is 19.7. The lowest BCUT2D eigenvalue weighted by Crippen LogP contribution is -2.56. The third-order valence-electron chi connectivity index (χ3n) is 4.91. The van der Waals surface area contributed by atoms with Crippen LogP contribution >= 0.6 is 0 Å². The van der Waals surface area contributed by atoms with Gasteiger partial charge in [-0.25, -0.2) is 4.79 Å². The molecule has 0 bridgehead atoms. The van der Waals surface area contributed by atoms with E-state index >= 15 is 0 Å². The number of aryl methyl sites for hydroxylation is 1. The number of benzene rings is 2. The average Bonchev–Trinajstić information content (AvgIpc) is 2.64. The monoisotopic (exact) mass is 379 g/mol. The minimum absolute atomic E-state index is 0.0474. The van der Waals surface area contributed by atoms with Gasteiger partial charge in [-0.1, -0.05) is 24.3 Å². The molecule has 4 rings (SSSR count). The number of amides is 4. The largest absolute Gasteiger partial charge is 0.487 e. The molecule has 144 valence electrons. The van der Waals surface area contributed by atoms with Gasteiger partial charge < -0.3 is 9.64 Å². The molecule has 2 heterocycles. The zero-order valence-electron chi connectivity index (χ0n) is 15.6. The van der Waals surface area contributed by atoms with Gasteiger partial charge in [0.2, 0.25) is 5.91 Å². The van der Waals surface area contributed by atoms with Crippen LogP contribution in [0.25, 0.3) is 0 Å². The van der Waals surface area contributed by atoms with Crippen LogP contribution in [0.1, 0.15) is 22.3 Å². The number of anilines is 1. The van der Waals surface area contributed by atoms with Crippen LogP contribution in [0.2, 0.25) is 0 Å². The first-order chi connectivity index (χ1) is 13.5. The second-order valence-corrected chi connectivity index (χ2v) is 7.04. The number of urea groups is 1. The van der Waals surface area contributed by atoms with Gasteiger partial charge in [0, 0.05) is 13.0 Å². The summed E-state index contributed by atoms with van der Waals surface area (Å²) in [6, 6.07) is 14.3. The Kier molecular flexibility index (Phi) is 4.73. The van der Waals surface area contributed by atoms with E-state index in [2.05, 4.69) is 5.32 Å². The van der Waals surface area contributed by atoms with Gasteiger partial charge in [-0.2, -0.15) is 0 Å². The molecule has 0 unspecified atom stereocenters. The number of hydrogen-bond acceptors (Lipinski definition) is 4. The molecule has 0 radical (unpaired) electrons. The lowest BCUT2D eigenvalue weighted by Gasteiger charge is -2.39. The number of nitrogens with zero attached hydrogens (tertiary/aromatic N) is 2. The molecule has 7 nitrogen and oxygen atoms in total. The molecule has 2 saturated heterocycles. The van der Waals surface area contributed by atoms with Crippen LogP contribution in [0.4, 0.5) is 10.5 Å². The Morgan fingerprint density at radius 1 is 1.11 bits per heavy atom. The summed E-state index contributed by atoms with van der Waals surface area (Å²) in [4.78, 5) is 39.7. The molecule has 7 heteroatoms. The first-order valence-electron chi connectivity index (χ1n) is 9.24. The Labute approximate surface area is 162 Å². The van der Waals surface area contributed by atoms with Crippen LogP contribution in [0.3, 0.4) is 0 Å². The van der Waals surface area contributed by atoms with E-state index in [1.54, 1.807) is 29.2 Å². The minimum atomic E-state index is -0.499. The Bertz CT molecular complexity index is 937. The highest BCUT2D eigenvalue weighted by Crippen LogP contribution is 2.27. The number of nitrogens with one attached hydrogen (secondary N) is 1. The van der Waals surface area contributed by atoms with Gasteiger partial charge in [-0.3, -0.25) is 19.8 Å². The number of imide groups is 1. The first-order valence-corrected chi connectivity index (χ1v) is 9.24. The number of likely N-dealkylation sites (tertiary alicyclic amines) is 1. The lowest BCUT2D eigenvalue weighted by atomic mass is 10.1. The fraction of sp³-hybridized carbons (Fsp3) is 0.286. The highest BCUT2D eigenvalue weighted by Gasteiger charge is 2.35. The van der Waals surface area contributed by atoms with Crippen LogP contribution in [0, 0.1) is 6.92 Å². The average molecular weight is 379 g/mol. The topological polar surface area (TPSA) is 79.0 Å². The van der Waals surface area contributed by atoms with Crippen LogP contribution in [-0.4, -0.2) is 48.5 Å². The first kappa shape index (κ1) is 18.0. The number of hydrogen-bond donors (Lipinski definition) is 1. The number of carbonyl (C=O) groups excluding carboxylic acids is 3. The number of rotatable bonds is 4. The second-order valence-electron chi connectivity index (χ2n) is 7.04. The zero-order valence-corrected chi connectivity index (χ0v) is 15.6. The molecule has 0 aliphatic carbocycles. The van der Waals surface area contributed by atoms with Gasteiger partial charge in [0.05, 0.1) is 24.3 Å². The summed E-state index contributed by atoms with van der Waals surface area (Å²) >= 11 is 0. The molecule has 0 aromatic heterocycles. The van der Waals surface area contributed by atoms with Gasteiger partial charge >= 0.3 is 6.03 Å². The maximum Gasteiger partial charge on any atom is 0.328 e. The molecule has 2 aromatic carbocycles. The van der Waals surface area contributed by atoms with Crippen molar-refractivity contribution < 1.29 is 19.1 Å². The number of carbonyl (C=O) groups is 3. The maximum atomic E-state index is 13.0. The molecule has 2 aromatic rings. The maximum absolute atomic E-state index is 13.0. The van der Waals surface area contributed by atoms with Gasteiger partial charge in [-0.05, 0) is 36.8 Å². The molecule has 1 N–H and O–H groups in total. The lowest BCUT2D eigenvalue weighted by molar-refractivity contribution is -0.120. The molecule has 28 heavy (non-hydrogen) atoms. The molecule has 4 amide bonds. The van der Waals surface area contributed by atoms with Crippen LogP contribution < -0.4 is 15.0 Å². The minimum Gasteiger partial charge on any atom is -0.487 e. The van der Waals surface area contributed by atoms with Crippen molar-refractivity contribution in [1.82, 2.24) is 10.2 Å². The Morgan fingerprint density at radius 2 is 1.89 bits per heavy atom. The van der Waals surface area contributed by atoms with Gasteiger partial charge in [0.1, 0.15) is 11.9 Å². The van der Waals surface area contributed by atoms with E-state index in [4.69, 9.17) is 4.74 Å². The molecule has 0 spiro atoms. The predicted molar refractivity (Wildman–Crippen MR) is 103 cm³/mol. The summed E-state index contributed by atoms with van der Waals surface area (Å²) in [7, 11) is 0. The Morgan fingerprint density at radius 3 is 2.64 bits per heavy atom. The molecule has 2 aliphatic heterocycles. The normalized spacial score (nSPS) is 17.2. The fourth-order valence-electron chi connectivity index (χ4n) is 3.41. The van der Waals surface area contributed by atoms with Crippen molar-refractivity contribution in [3.8, 4) is 5.75 Å². The summed E-state index contributed by atoms with van der Waals surface area (Å²) < 4.78 is 5.92. The number of para-hydroxylation sites is 1. The van der Waals surface area contributed by atoms with Gasteiger partial charge in [-0.15, -0.1) is 0 Å². The number of ether oxygens (including phenoxy) is 1. The fourth-order valence-corrected chi connectivity index (χ4v) is 3.41. The van der Waals surface area contributed by atoms with E-state index in [9.17, 15) is 14.4 Å². The molecule has 0 saturated carbocycles. The summed E-state index contributed by atoms with van der Waals surface area (Å²) in [6.07, 6.45) is 0.165. The standard InChI is InChI=1S/C21H21N3O4/c1-14-5-4-6-15(11-14)28-16-12-23(13-16)20(26)17-7-2-3-8-18(17)24-10-9-19(25)22-21(24)27/h2-8,11,16H,9-10,12-13H2,1H3,(H,22,25,27). The van der Waals surface area contributed by atoms with E-state index in [0.29, 0.717) is 24.3 Å². The molecular formula is C21H21N3O4. The quantitative estimate of drug-likeness (QED) is 0.884. The van der Waals surface area contributed by atoms with Crippen molar-refractivity contribution in [2.45, 2.75) is 19.4 Å². The van der Waals surface area contributed by atoms with Crippen molar-refractivity contribution in [1.29, 1.82) is 0 Å². The molecular weight excluding hydrogens is 358 g/mol. The third kappa shape index (κ3) is 3.55. The summed E-state index contributed by atoms with van der Waals surface area (Å²) in [5.74, 6) is 0.348. The summed E-state index contributed by atoms with van der Waals surface area (Å²) in [5.41, 5.74) is 2.08. The van der Waals surface area contributed by atoms with E-state index in [1.807, 2.05) is 31.2 Å². The van der Waals surface area contributed by atoms with Crippen LogP contribution in [0.5, 0.6) is 5.75 Å². The SMILES string of the molecule is Cc1cccc(OC2CN(C(=O)c3ccccc3N3CCC(=O)NC3=O)C2)c1. The van der Waals surface area contributed by atoms with E-state index in [1.165, 1.54) is 4.90 Å². The van der Waals surface area contributed by atoms with E-state index in [0.717, 1.165) is 11.3 Å². The molecule has 2 aliphatic rings. The van der Waals surface area contributed by atoms with Crippen molar-refractivity contribution in [3.05, 3.63) is 59.7 Å². The molecule has 2 fully saturated rings. The Hall–Kier alpha value is -3.35. The highest BCUT2D eigenvalue weighted by atomic mass is 16.5.